The average molecular weight is 454 g/mol. The van der Waals surface area contributed by atoms with E-state index in [4.69, 9.17) is 11.5 Å². The Morgan fingerprint density at radius 1 is 0.788 bits per heavy atom. The van der Waals surface area contributed by atoms with Crippen LogP contribution in [0.1, 0.15) is 32.8 Å². The first kappa shape index (κ1) is 26.2. The number of hydrogen-bond acceptors (Lipinski definition) is 3. The molecule has 3 aromatic rings. The number of nitrogens with two attached hydrogens (primary N) is 2. The largest absolute Gasteiger partial charge is 0.354 e. The molecule has 3 aromatic carbocycles. The smallest absolute Gasteiger partial charge is 0.230 e. The summed E-state index contributed by atoms with van der Waals surface area (Å²) in [4.78, 5) is 12.7. The molecule has 0 heterocycles. The third-order valence-corrected chi connectivity index (χ3v) is 5.30. The lowest BCUT2D eigenvalue weighted by Crippen LogP contribution is -2.42. The van der Waals surface area contributed by atoms with Crippen molar-refractivity contribution in [1.82, 2.24) is 5.32 Å². The van der Waals surface area contributed by atoms with Gasteiger partial charge < -0.3 is 16.8 Å². The van der Waals surface area contributed by atoms with Gasteiger partial charge >= 0.3 is 0 Å². The minimum absolute atomic E-state index is 0.135. The molecular weight excluding hydrogens is 420 g/mol. The summed E-state index contributed by atoms with van der Waals surface area (Å²) in [7, 11) is 0. The molecule has 0 atom stereocenters. The number of hydrogen-bond donors (Lipinski definition) is 3. The van der Waals surface area contributed by atoms with E-state index in [9.17, 15) is 13.6 Å². The molecule has 0 bridgehead atoms. The van der Waals surface area contributed by atoms with Crippen LogP contribution >= 0.6 is 0 Å². The Hall–Kier alpha value is -3.09. The fourth-order valence-corrected chi connectivity index (χ4v) is 3.14. The number of carbonyl (C=O) groups excluding carboxylic acids is 1. The van der Waals surface area contributed by atoms with Crippen LogP contribution in [0.4, 0.5) is 8.78 Å². The molecule has 33 heavy (non-hydrogen) atoms. The maximum absolute atomic E-state index is 13.4. The molecule has 4 nitrogen and oxygen atoms in total. The van der Waals surface area contributed by atoms with Crippen LogP contribution in [0, 0.1) is 11.6 Å². The van der Waals surface area contributed by atoms with E-state index in [0.29, 0.717) is 13.1 Å². The minimum atomic E-state index is -0.819. The van der Waals surface area contributed by atoms with E-state index in [1.165, 1.54) is 24.3 Å². The number of amides is 1. The van der Waals surface area contributed by atoms with Crippen molar-refractivity contribution in [3.05, 3.63) is 83.9 Å². The molecule has 0 aliphatic carbocycles. The van der Waals surface area contributed by atoms with Gasteiger partial charge in [-0.25, -0.2) is 8.78 Å². The van der Waals surface area contributed by atoms with Crippen LogP contribution < -0.4 is 16.8 Å². The van der Waals surface area contributed by atoms with Gasteiger partial charge in [-0.05, 0) is 85.0 Å². The van der Waals surface area contributed by atoms with Gasteiger partial charge in [0.1, 0.15) is 11.6 Å². The van der Waals surface area contributed by atoms with E-state index in [1.807, 2.05) is 32.0 Å². The minimum Gasteiger partial charge on any atom is -0.354 e. The molecule has 0 unspecified atom stereocenters. The molecule has 3 rings (SSSR count). The van der Waals surface area contributed by atoms with E-state index in [2.05, 4.69) is 12.2 Å². The SMILES string of the molecule is CC(C)(C(=O)NCCN)c1cc(-c2ccc(F)cc2)cc(-c2ccc(F)cc2)c1.CCCN. The topological polar surface area (TPSA) is 81.1 Å². The maximum Gasteiger partial charge on any atom is 0.230 e. The van der Waals surface area contributed by atoms with E-state index in [0.717, 1.165) is 40.8 Å². The Morgan fingerprint density at radius 3 is 1.58 bits per heavy atom. The highest BCUT2D eigenvalue weighted by Crippen LogP contribution is 2.34. The molecule has 0 radical (unpaired) electrons. The van der Waals surface area contributed by atoms with Gasteiger partial charge in [0.15, 0.2) is 0 Å². The Balaban J connectivity index is 0.000000890. The van der Waals surface area contributed by atoms with Crippen molar-refractivity contribution < 1.29 is 13.6 Å². The summed E-state index contributed by atoms with van der Waals surface area (Å²) in [5.41, 5.74) is 13.9. The van der Waals surface area contributed by atoms with E-state index in [-0.39, 0.29) is 17.5 Å². The van der Waals surface area contributed by atoms with Crippen LogP contribution in [0.2, 0.25) is 0 Å². The Morgan fingerprint density at radius 2 is 1.21 bits per heavy atom. The highest BCUT2D eigenvalue weighted by molar-refractivity contribution is 5.89. The summed E-state index contributed by atoms with van der Waals surface area (Å²) < 4.78 is 26.8. The summed E-state index contributed by atoms with van der Waals surface area (Å²) in [6.07, 6.45) is 1.10. The molecule has 0 aliphatic heterocycles. The normalized spacial score (nSPS) is 10.9. The molecule has 176 valence electrons. The summed E-state index contributed by atoms with van der Waals surface area (Å²) in [6, 6.07) is 18.2. The summed E-state index contributed by atoms with van der Waals surface area (Å²) in [5, 5.41) is 2.84. The van der Waals surface area contributed by atoms with E-state index < -0.39 is 5.41 Å². The zero-order chi connectivity index (χ0) is 24.4. The van der Waals surface area contributed by atoms with E-state index in [1.54, 1.807) is 24.3 Å². The van der Waals surface area contributed by atoms with Gasteiger partial charge in [0.2, 0.25) is 5.91 Å². The fraction of sp³-hybridized carbons (Fsp3) is 0.296. The van der Waals surface area contributed by atoms with Crippen molar-refractivity contribution in [3.63, 3.8) is 0 Å². The maximum atomic E-state index is 13.4. The molecule has 5 N–H and O–H groups in total. The van der Waals surface area contributed by atoms with E-state index >= 15 is 0 Å². The highest BCUT2D eigenvalue weighted by Gasteiger charge is 2.30. The zero-order valence-corrected chi connectivity index (χ0v) is 19.5. The molecule has 1 amide bonds. The number of halogens is 2. The molecule has 0 saturated heterocycles. The first-order chi connectivity index (χ1) is 15.7. The third-order valence-electron chi connectivity index (χ3n) is 5.30. The molecule has 0 aromatic heterocycles. The second kappa shape index (κ2) is 12.2. The second-order valence-corrected chi connectivity index (χ2v) is 8.27. The van der Waals surface area contributed by atoms with Crippen molar-refractivity contribution in [2.24, 2.45) is 11.5 Å². The van der Waals surface area contributed by atoms with Crippen molar-refractivity contribution in [2.45, 2.75) is 32.6 Å². The molecule has 6 heteroatoms. The highest BCUT2D eigenvalue weighted by atomic mass is 19.1. The number of carbonyl (C=O) groups is 1. The summed E-state index contributed by atoms with van der Waals surface area (Å²) in [5.74, 6) is -0.764. The van der Waals surface area contributed by atoms with Crippen LogP contribution in [-0.2, 0) is 10.2 Å². The lowest BCUT2D eigenvalue weighted by molar-refractivity contribution is -0.125. The van der Waals surface area contributed by atoms with Crippen LogP contribution in [0.25, 0.3) is 22.3 Å². The first-order valence-electron chi connectivity index (χ1n) is 11.1. The first-order valence-corrected chi connectivity index (χ1v) is 11.1. The average Bonchev–Trinajstić information content (AvgIpc) is 2.83. The second-order valence-electron chi connectivity index (χ2n) is 8.27. The van der Waals surface area contributed by atoms with Gasteiger partial charge in [-0.15, -0.1) is 0 Å². The molecule has 0 spiro atoms. The lowest BCUT2D eigenvalue weighted by atomic mass is 9.80. The lowest BCUT2D eigenvalue weighted by Gasteiger charge is -2.26. The van der Waals surface area contributed by atoms with Crippen molar-refractivity contribution in [1.29, 1.82) is 0 Å². The number of benzene rings is 3. The summed E-state index contributed by atoms with van der Waals surface area (Å²) >= 11 is 0. The van der Waals surface area contributed by atoms with Gasteiger partial charge in [0.25, 0.3) is 0 Å². The van der Waals surface area contributed by atoms with Gasteiger partial charge in [-0.3, -0.25) is 4.79 Å². The number of nitrogens with one attached hydrogen (secondary N) is 1. The van der Waals surface area contributed by atoms with Crippen molar-refractivity contribution in [2.75, 3.05) is 19.6 Å². The van der Waals surface area contributed by atoms with Gasteiger partial charge in [-0.2, -0.15) is 0 Å². The predicted octanol–water partition coefficient (Wildman–Crippen LogP) is 5.01. The fourth-order valence-electron chi connectivity index (χ4n) is 3.14. The Labute approximate surface area is 195 Å². The molecule has 0 fully saturated rings. The van der Waals surface area contributed by atoms with Crippen molar-refractivity contribution >= 4 is 5.91 Å². The predicted molar refractivity (Wildman–Crippen MR) is 132 cm³/mol. The Bertz CT molecular complexity index is 966. The monoisotopic (exact) mass is 453 g/mol. The quantitative estimate of drug-likeness (QED) is 0.471. The molecule has 0 aliphatic rings. The zero-order valence-electron chi connectivity index (χ0n) is 19.5. The number of rotatable bonds is 7. The van der Waals surface area contributed by atoms with Crippen molar-refractivity contribution in [3.8, 4) is 22.3 Å². The standard InChI is InChI=1S/C24H24F2N2O.C3H9N/c1-24(2,23(29)28-12-11-27)20-14-18(16-3-7-21(25)8-4-16)13-19(15-20)17-5-9-22(26)10-6-17;1-2-3-4/h3-10,13-15H,11-12,27H2,1-2H3,(H,28,29);2-4H2,1H3. The van der Waals surface area contributed by atoms with Crippen LogP contribution in [-0.4, -0.2) is 25.5 Å². The summed E-state index contributed by atoms with van der Waals surface area (Å²) in [6.45, 7) is 7.32. The van der Waals surface area contributed by atoms with Gasteiger partial charge in [0.05, 0.1) is 5.41 Å². The van der Waals surface area contributed by atoms with Crippen LogP contribution in [0.3, 0.4) is 0 Å². The molecule has 0 saturated carbocycles. The van der Waals surface area contributed by atoms with Gasteiger partial charge in [0, 0.05) is 13.1 Å². The third kappa shape index (κ3) is 7.20. The van der Waals surface area contributed by atoms with Crippen LogP contribution in [0.5, 0.6) is 0 Å². The van der Waals surface area contributed by atoms with Gasteiger partial charge in [-0.1, -0.05) is 43.3 Å². The molecular formula is C27H33F2N3O. The van der Waals surface area contributed by atoms with Crippen LogP contribution in [0.15, 0.2) is 66.7 Å². The Kier molecular flexibility index (Phi) is 9.70.